The Labute approximate surface area is 139 Å². The van der Waals surface area contributed by atoms with Gasteiger partial charge in [-0.3, -0.25) is 4.79 Å². The maximum Gasteiger partial charge on any atom is 0.279 e. The molecule has 1 saturated heterocycles. The second-order valence-corrected chi connectivity index (χ2v) is 5.92. The Balaban J connectivity index is 1.50. The van der Waals surface area contributed by atoms with Crippen LogP contribution in [0, 0.1) is 11.6 Å². The lowest BCUT2D eigenvalue weighted by molar-refractivity contribution is -0.892. The molecule has 0 radical (unpaired) electrons. The minimum absolute atomic E-state index is 0.0173. The molecular formula is C18H20F2N3O+. The van der Waals surface area contributed by atoms with Gasteiger partial charge in [-0.15, -0.1) is 0 Å². The van der Waals surface area contributed by atoms with E-state index in [1.165, 1.54) is 11.8 Å². The van der Waals surface area contributed by atoms with Gasteiger partial charge in [-0.1, -0.05) is 18.2 Å². The van der Waals surface area contributed by atoms with E-state index in [1.807, 2.05) is 18.2 Å². The Morgan fingerprint density at radius 3 is 2.46 bits per heavy atom. The molecule has 1 heterocycles. The lowest BCUT2D eigenvalue weighted by atomic mass is 10.2. The second-order valence-electron chi connectivity index (χ2n) is 5.92. The third-order valence-electron chi connectivity index (χ3n) is 4.21. The zero-order valence-electron chi connectivity index (χ0n) is 13.3. The first-order valence-electron chi connectivity index (χ1n) is 8.00. The van der Waals surface area contributed by atoms with Crippen LogP contribution in [-0.2, 0) is 4.79 Å². The first kappa shape index (κ1) is 16.4. The number of hydrogen-bond acceptors (Lipinski definition) is 2. The van der Waals surface area contributed by atoms with Gasteiger partial charge < -0.3 is 15.1 Å². The average Bonchev–Trinajstić information content (AvgIpc) is 2.59. The highest BCUT2D eigenvalue weighted by molar-refractivity contribution is 5.91. The van der Waals surface area contributed by atoms with Crippen LogP contribution in [0.3, 0.4) is 0 Å². The van der Waals surface area contributed by atoms with Gasteiger partial charge in [-0.05, 0) is 24.3 Å². The molecule has 0 unspecified atom stereocenters. The minimum Gasteiger partial charge on any atom is -0.360 e. The van der Waals surface area contributed by atoms with E-state index in [4.69, 9.17) is 0 Å². The lowest BCUT2D eigenvalue weighted by Gasteiger charge is -2.33. The van der Waals surface area contributed by atoms with Crippen molar-refractivity contribution in [2.45, 2.75) is 0 Å². The number of anilines is 2. The van der Waals surface area contributed by atoms with E-state index in [2.05, 4.69) is 22.3 Å². The van der Waals surface area contributed by atoms with Gasteiger partial charge in [0.05, 0.1) is 31.9 Å². The summed E-state index contributed by atoms with van der Waals surface area (Å²) in [6.07, 6.45) is 0. The van der Waals surface area contributed by atoms with Crippen LogP contribution in [0.15, 0.2) is 48.5 Å². The van der Waals surface area contributed by atoms with Crippen molar-refractivity contribution >= 4 is 17.3 Å². The molecule has 0 atom stereocenters. The predicted molar refractivity (Wildman–Crippen MR) is 89.2 cm³/mol. The van der Waals surface area contributed by atoms with Crippen LogP contribution in [0.25, 0.3) is 0 Å². The maximum atomic E-state index is 13.6. The number of quaternary nitrogens is 1. The predicted octanol–water partition coefficient (Wildman–Crippen LogP) is 1.31. The van der Waals surface area contributed by atoms with Crippen molar-refractivity contribution in [2.75, 3.05) is 42.9 Å². The fourth-order valence-corrected chi connectivity index (χ4v) is 2.91. The molecule has 2 aromatic carbocycles. The van der Waals surface area contributed by atoms with Crippen LogP contribution < -0.4 is 15.1 Å². The first-order valence-corrected chi connectivity index (χ1v) is 8.00. The first-order chi connectivity index (χ1) is 11.6. The van der Waals surface area contributed by atoms with E-state index in [-0.39, 0.29) is 18.1 Å². The fraction of sp³-hybridized carbons (Fsp3) is 0.278. The van der Waals surface area contributed by atoms with Crippen molar-refractivity contribution < 1.29 is 18.5 Å². The van der Waals surface area contributed by atoms with Gasteiger partial charge in [-0.2, -0.15) is 0 Å². The topological polar surface area (TPSA) is 36.8 Å². The van der Waals surface area contributed by atoms with E-state index in [9.17, 15) is 13.6 Å². The Bertz CT molecular complexity index is 701. The number of rotatable bonds is 4. The number of nitrogens with zero attached hydrogens (tertiary/aromatic N) is 1. The summed E-state index contributed by atoms with van der Waals surface area (Å²) in [7, 11) is 0. The van der Waals surface area contributed by atoms with Crippen molar-refractivity contribution in [2.24, 2.45) is 0 Å². The van der Waals surface area contributed by atoms with Gasteiger partial charge in [-0.25, -0.2) is 8.78 Å². The average molecular weight is 332 g/mol. The van der Waals surface area contributed by atoms with Crippen molar-refractivity contribution in [3.05, 3.63) is 60.2 Å². The van der Waals surface area contributed by atoms with Crippen molar-refractivity contribution in [1.82, 2.24) is 0 Å². The third-order valence-corrected chi connectivity index (χ3v) is 4.21. The highest BCUT2D eigenvalue weighted by atomic mass is 19.1. The summed E-state index contributed by atoms with van der Waals surface area (Å²) in [5, 5.41) is 2.51. The largest absolute Gasteiger partial charge is 0.360 e. The molecule has 0 bridgehead atoms. The minimum atomic E-state index is -0.757. The molecule has 2 N–H and O–H groups in total. The monoisotopic (exact) mass is 332 g/mol. The van der Waals surface area contributed by atoms with Gasteiger partial charge >= 0.3 is 0 Å². The Kier molecular flexibility index (Phi) is 5.05. The normalized spacial score (nSPS) is 15.3. The van der Waals surface area contributed by atoms with Crippen molar-refractivity contribution in [1.29, 1.82) is 0 Å². The molecule has 0 spiro atoms. The Hall–Kier alpha value is -2.47. The molecule has 0 saturated carbocycles. The molecule has 126 valence electrons. The molecule has 3 rings (SSSR count). The summed E-state index contributed by atoms with van der Waals surface area (Å²) in [5.41, 5.74) is 1.21. The molecule has 1 amide bonds. The van der Waals surface area contributed by atoms with E-state index >= 15 is 0 Å². The second kappa shape index (κ2) is 7.40. The standard InChI is InChI=1S/C18H19F2N3O/c19-14-6-7-17(16(20)12-14)21-18(24)13-22-8-10-23(11-9-22)15-4-2-1-3-5-15/h1-7,12H,8-11,13H2,(H,21,24)/p+1. The quantitative estimate of drug-likeness (QED) is 0.886. The number of nitrogens with one attached hydrogen (secondary N) is 2. The number of halogens is 2. The molecule has 0 aliphatic carbocycles. The zero-order chi connectivity index (χ0) is 16.9. The zero-order valence-corrected chi connectivity index (χ0v) is 13.3. The van der Waals surface area contributed by atoms with Crippen molar-refractivity contribution in [3.63, 3.8) is 0 Å². The molecule has 24 heavy (non-hydrogen) atoms. The molecule has 1 fully saturated rings. The molecule has 4 nitrogen and oxygen atoms in total. The van der Waals surface area contributed by atoms with E-state index in [0.29, 0.717) is 0 Å². The summed E-state index contributed by atoms with van der Waals surface area (Å²) in [5.74, 6) is -1.68. The summed E-state index contributed by atoms with van der Waals surface area (Å²) in [4.78, 5) is 15.5. The number of carbonyl (C=O) groups is 1. The van der Waals surface area contributed by atoms with Crippen molar-refractivity contribution in [3.8, 4) is 0 Å². The third kappa shape index (κ3) is 4.08. The lowest BCUT2D eigenvalue weighted by Crippen LogP contribution is -3.15. The Morgan fingerprint density at radius 2 is 1.79 bits per heavy atom. The summed E-state index contributed by atoms with van der Waals surface area (Å²) in [6.45, 7) is 3.71. The number of amides is 1. The Morgan fingerprint density at radius 1 is 1.08 bits per heavy atom. The van der Waals surface area contributed by atoms with Crippen LogP contribution in [0.2, 0.25) is 0 Å². The van der Waals surface area contributed by atoms with E-state index in [1.54, 1.807) is 0 Å². The number of para-hydroxylation sites is 1. The fourth-order valence-electron chi connectivity index (χ4n) is 2.91. The van der Waals surface area contributed by atoms with Gasteiger partial charge in [0.15, 0.2) is 6.54 Å². The summed E-state index contributed by atoms with van der Waals surface area (Å²) in [6, 6.07) is 13.3. The molecule has 6 heteroatoms. The summed E-state index contributed by atoms with van der Waals surface area (Å²) < 4.78 is 26.4. The van der Waals surface area contributed by atoms with Gasteiger partial charge in [0.2, 0.25) is 0 Å². The molecular weight excluding hydrogens is 312 g/mol. The highest BCUT2D eigenvalue weighted by Crippen LogP contribution is 2.14. The van der Waals surface area contributed by atoms with E-state index in [0.717, 1.165) is 43.2 Å². The number of carbonyl (C=O) groups excluding carboxylic acids is 1. The van der Waals surface area contributed by atoms with Gasteiger partial charge in [0.1, 0.15) is 11.6 Å². The van der Waals surface area contributed by atoms with Gasteiger partial charge in [0.25, 0.3) is 5.91 Å². The van der Waals surface area contributed by atoms with Crippen LogP contribution in [0.5, 0.6) is 0 Å². The maximum absolute atomic E-state index is 13.6. The van der Waals surface area contributed by atoms with Gasteiger partial charge in [0, 0.05) is 11.8 Å². The van der Waals surface area contributed by atoms with Crippen LogP contribution in [0.1, 0.15) is 0 Å². The number of benzene rings is 2. The van der Waals surface area contributed by atoms with Crippen LogP contribution in [-0.4, -0.2) is 38.6 Å². The number of piperazine rings is 1. The van der Waals surface area contributed by atoms with E-state index < -0.39 is 11.6 Å². The molecule has 2 aromatic rings. The molecule has 1 aliphatic rings. The highest BCUT2D eigenvalue weighted by Gasteiger charge is 2.22. The number of hydrogen-bond donors (Lipinski definition) is 2. The SMILES string of the molecule is O=C(C[NH+]1CCN(c2ccccc2)CC1)Nc1ccc(F)cc1F. The molecule has 1 aliphatic heterocycles. The van der Waals surface area contributed by atoms with Crippen LogP contribution >= 0.6 is 0 Å². The van der Waals surface area contributed by atoms with Crippen LogP contribution in [0.4, 0.5) is 20.2 Å². The molecule has 0 aromatic heterocycles. The summed E-state index contributed by atoms with van der Waals surface area (Å²) >= 11 is 0. The smallest absolute Gasteiger partial charge is 0.279 e.